The van der Waals surface area contributed by atoms with Crippen LogP contribution in [-0.2, 0) is 19.2 Å². The molecular formula is C20H24N4O6. The summed E-state index contributed by atoms with van der Waals surface area (Å²) in [4.78, 5) is 60.7. The number of amides is 3. The van der Waals surface area contributed by atoms with Crippen LogP contribution in [0.5, 0.6) is 0 Å². The van der Waals surface area contributed by atoms with E-state index in [0.717, 1.165) is 0 Å². The van der Waals surface area contributed by atoms with Gasteiger partial charge >= 0.3 is 5.97 Å². The molecule has 30 heavy (non-hydrogen) atoms. The third-order valence-corrected chi connectivity index (χ3v) is 5.17. The lowest BCUT2D eigenvalue weighted by molar-refractivity contribution is -0.175. The van der Waals surface area contributed by atoms with Gasteiger partial charge in [-0.2, -0.15) is 0 Å². The zero-order chi connectivity index (χ0) is 21.7. The highest BCUT2D eigenvalue weighted by Gasteiger charge is 2.42. The number of hydrogen-bond donors (Lipinski definition) is 3. The lowest BCUT2D eigenvalue weighted by Gasteiger charge is -2.44. The van der Waals surface area contributed by atoms with Crippen LogP contribution in [0.1, 0.15) is 42.5 Å². The summed E-state index contributed by atoms with van der Waals surface area (Å²) in [5.74, 6) is -2.30. The third kappa shape index (κ3) is 4.82. The Balaban J connectivity index is 1.80. The number of fused-ring (bicyclic) bond motifs is 1. The average Bonchev–Trinajstić information content (AvgIpc) is 2.86. The summed E-state index contributed by atoms with van der Waals surface area (Å²) in [6.45, 7) is 0.340. The molecular weight excluding hydrogens is 392 g/mol. The van der Waals surface area contributed by atoms with E-state index in [1.54, 1.807) is 30.3 Å². The molecule has 160 valence electrons. The Hall–Kier alpha value is -3.27. The van der Waals surface area contributed by atoms with Crippen molar-refractivity contribution in [1.29, 1.82) is 0 Å². The predicted molar refractivity (Wildman–Crippen MR) is 104 cm³/mol. The van der Waals surface area contributed by atoms with Gasteiger partial charge < -0.3 is 15.2 Å². The minimum Gasteiger partial charge on any atom is -0.481 e. The lowest BCUT2D eigenvalue weighted by atomic mass is 10.1. The molecule has 0 spiro atoms. The Morgan fingerprint density at radius 3 is 2.60 bits per heavy atom. The van der Waals surface area contributed by atoms with Gasteiger partial charge in [0.25, 0.3) is 11.8 Å². The molecule has 1 aromatic rings. The highest BCUT2D eigenvalue weighted by molar-refractivity contribution is 5.98. The fraction of sp³-hybridized carbons (Fsp3) is 0.450. The zero-order valence-electron chi connectivity index (χ0n) is 16.3. The van der Waals surface area contributed by atoms with Gasteiger partial charge in [0.15, 0.2) is 0 Å². The van der Waals surface area contributed by atoms with Crippen LogP contribution < -0.4 is 10.6 Å². The molecule has 0 aromatic heterocycles. The molecule has 0 saturated carbocycles. The molecule has 2 aliphatic heterocycles. The molecule has 2 heterocycles. The van der Waals surface area contributed by atoms with Gasteiger partial charge in [0.05, 0.1) is 12.5 Å². The van der Waals surface area contributed by atoms with E-state index in [-0.39, 0.29) is 18.7 Å². The van der Waals surface area contributed by atoms with Gasteiger partial charge in [0.1, 0.15) is 18.5 Å². The van der Waals surface area contributed by atoms with Crippen LogP contribution in [0.3, 0.4) is 0 Å². The van der Waals surface area contributed by atoms with Crippen LogP contribution >= 0.6 is 0 Å². The summed E-state index contributed by atoms with van der Waals surface area (Å²) in [6, 6.07) is 6.52. The van der Waals surface area contributed by atoms with Crippen LogP contribution in [0, 0.1) is 0 Å². The Kier molecular flexibility index (Phi) is 6.78. The molecule has 2 aliphatic rings. The molecule has 0 unspecified atom stereocenters. The summed E-state index contributed by atoms with van der Waals surface area (Å²) in [6.07, 6.45) is 0.587. The third-order valence-electron chi connectivity index (χ3n) is 5.17. The van der Waals surface area contributed by atoms with Crippen LogP contribution in [0.4, 0.5) is 0 Å². The molecule has 2 fully saturated rings. The van der Waals surface area contributed by atoms with Crippen molar-refractivity contribution in [3.8, 4) is 0 Å². The number of nitrogens with one attached hydrogen (secondary N) is 2. The molecule has 3 atom stereocenters. The minimum absolute atomic E-state index is 0.0843. The molecule has 0 radical (unpaired) electrons. The smallest absolute Gasteiger partial charge is 0.305 e. The van der Waals surface area contributed by atoms with Crippen molar-refractivity contribution in [2.24, 2.45) is 0 Å². The Labute approximate surface area is 173 Å². The summed E-state index contributed by atoms with van der Waals surface area (Å²) < 4.78 is 0. The van der Waals surface area contributed by atoms with Crippen molar-refractivity contribution in [3.05, 3.63) is 35.9 Å². The van der Waals surface area contributed by atoms with Crippen molar-refractivity contribution in [1.82, 2.24) is 20.7 Å². The van der Waals surface area contributed by atoms with E-state index < -0.39 is 42.5 Å². The number of aliphatic carboxylic acids is 1. The molecule has 0 aliphatic carbocycles. The molecule has 10 nitrogen and oxygen atoms in total. The summed E-state index contributed by atoms with van der Waals surface area (Å²) in [5.41, 5.74) is 0.397. The number of carboxylic acid groups (broad SMARTS) is 1. The van der Waals surface area contributed by atoms with Crippen molar-refractivity contribution in [2.45, 2.75) is 50.4 Å². The predicted octanol–water partition coefficient (Wildman–Crippen LogP) is -0.0973. The van der Waals surface area contributed by atoms with Gasteiger partial charge in [-0.25, -0.2) is 10.0 Å². The highest BCUT2D eigenvalue weighted by atomic mass is 16.4. The maximum atomic E-state index is 13.3. The van der Waals surface area contributed by atoms with Gasteiger partial charge in [-0.1, -0.05) is 18.2 Å². The quantitative estimate of drug-likeness (QED) is 0.528. The number of carbonyl (C=O) groups is 5. The molecule has 2 saturated heterocycles. The van der Waals surface area contributed by atoms with E-state index in [1.807, 2.05) is 0 Å². The van der Waals surface area contributed by atoms with Crippen LogP contribution in [0.15, 0.2) is 30.3 Å². The maximum Gasteiger partial charge on any atom is 0.305 e. The van der Waals surface area contributed by atoms with Crippen molar-refractivity contribution in [3.63, 3.8) is 0 Å². The second-order valence-corrected chi connectivity index (χ2v) is 7.30. The number of hydrogen-bond acceptors (Lipinski definition) is 6. The molecule has 1 aromatic carbocycles. The first kappa shape index (κ1) is 21.4. The fourth-order valence-electron chi connectivity index (χ4n) is 3.73. The Bertz CT molecular complexity index is 830. The monoisotopic (exact) mass is 416 g/mol. The second-order valence-electron chi connectivity index (χ2n) is 7.30. The van der Waals surface area contributed by atoms with Crippen LogP contribution in [0.2, 0.25) is 0 Å². The highest BCUT2D eigenvalue weighted by Crippen LogP contribution is 2.24. The van der Waals surface area contributed by atoms with E-state index in [4.69, 9.17) is 5.11 Å². The van der Waals surface area contributed by atoms with Crippen molar-refractivity contribution in [2.75, 3.05) is 6.54 Å². The number of carboxylic acids is 1. The molecule has 3 N–H and O–H groups in total. The van der Waals surface area contributed by atoms with Gasteiger partial charge in [0.2, 0.25) is 5.91 Å². The van der Waals surface area contributed by atoms with E-state index in [9.17, 15) is 24.0 Å². The van der Waals surface area contributed by atoms with Crippen LogP contribution in [-0.4, -0.2) is 69.9 Å². The molecule has 0 bridgehead atoms. The molecule has 3 amide bonds. The van der Waals surface area contributed by atoms with Gasteiger partial charge in [0, 0.05) is 18.5 Å². The number of carbonyl (C=O) groups excluding carboxylic acids is 4. The van der Waals surface area contributed by atoms with E-state index in [0.29, 0.717) is 31.2 Å². The number of hydrazine groups is 1. The van der Waals surface area contributed by atoms with Crippen molar-refractivity contribution >= 4 is 30.0 Å². The van der Waals surface area contributed by atoms with E-state index in [2.05, 4.69) is 10.6 Å². The standard InChI is InChI=1S/C20H24N4O6/c25-12-14(11-18(27)28)21-16-7-4-10-23-17(26)9-8-15(20(30)24(16)23)22-19(29)13-5-2-1-3-6-13/h1-3,5-6,12,14-16,21H,4,7-11H2,(H,22,29)(H,27,28)/t14-,15-,16-/m0/s1. The topological polar surface area (TPSA) is 136 Å². The zero-order valence-corrected chi connectivity index (χ0v) is 16.3. The summed E-state index contributed by atoms with van der Waals surface area (Å²) >= 11 is 0. The number of aldehydes is 1. The first-order valence-corrected chi connectivity index (χ1v) is 9.83. The second kappa shape index (κ2) is 9.49. The SMILES string of the molecule is O=C[C@H](CC(=O)O)N[C@@H]1CCCN2C(=O)CC[C@H](NC(=O)c3ccccc3)C(=O)N12. The van der Waals surface area contributed by atoms with Gasteiger partial charge in [-0.05, 0) is 31.4 Å². The molecule has 3 rings (SSSR count). The summed E-state index contributed by atoms with van der Waals surface area (Å²) in [5, 5.41) is 17.1. The Morgan fingerprint density at radius 2 is 1.93 bits per heavy atom. The van der Waals surface area contributed by atoms with E-state index in [1.165, 1.54) is 10.0 Å². The van der Waals surface area contributed by atoms with E-state index >= 15 is 0 Å². The minimum atomic E-state index is -1.15. The average molecular weight is 416 g/mol. The maximum absolute atomic E-state index is 13.3. The van der Waals surface area contributed by atoms with Crippen LogP contribution in [0.25, 0.3) is 0 Å². The normalized spacial score (nSPS) is 22.7. The largest absolute Gasteiger partial charge is 0.481 e. The number of rotatable bonds is 7. The van der Waals surface area contributed by atoms with Gasteiger partial charge in [-0.3, -0.25) is 24.5 Å². The number of benzene rings is 1. The van der Waals surface area contributed by atoms with Crippen molar-refractivity contribution < 1.29 is 29.1 Å². The molecule has 10 heteroatoms. The lowest BCUT2D eigenvalue weighted by Crippen LogP contribution is -2.65. The summed E-state index contributed by atoms with van der Waals surface area (Å²) in [7, 11) is 0. The Morgan fingerprint density at radius 1 is 1.20 bits per heavy atom. The fourth-order valence-corrected chi connectivity index (χ4v) is 3.73. The first-order chi connectivity index (χ1) is 14.4. The number of nitrogens with zero attached hydrogens (tertiary/aromatic N) is 2. The van der Waals surface area contributed by atoms with Gasteiger partial charge in [-0.15, -0.1) is 0 Å². The first-order valence-electron chi connectivity index (χ1n) is 9.83.